The van der Waals surface area contributed by atoms with Crippen molar-refractivity contribution >= 4 is 22.8 Å². The van der Waals surface area contributed by atoms with Gasteiger partial charge >= 0.3 is 11.9 Å². The second-order valence-electron chi connectivity index (χ2n) is 3.82. The van der Waals surface area contributed by atoms with Gasteiger partial charge in [-0.15, -0.1) is 0 Å². The molecule has 0 unspecified atom stereocenters. The summed E-state index contributed by atoms with van der Waals surface area (Å²) in [7, 11) is 0.211. The Kier molecular flexibility index (Phi) is 6.77. The van der Waals surface area contributed by atoms with Crippen LogP contribution >= 0.6 is 0 Å². The molecule has 0 amide bonds. The first-order chi connectivity index (χ1) is 8.22. The minimum absolute atomic E-state index is 0.102. The number of hydrogen-bond donors (Lipinski definition) is 0. The minimum Gasteiger partial charge on any atom is -0.459 e. The molecule has 1 heterocycles. The number of carbonyl (C=O) groups excluding carboxylic acids is 2. The fourth-order valence-electron chi connectivity index (χ4n) is 1.60. The molecule has 96 valence electrons. The van der Waals surface area contributed by atoms with Crippen LogP contribution in [-0.4, -0.2) is 42.4 Å². The van der Waals surface area contributed by atoms with Gasteiger partial charge in [-0.3, -0.25) is 0 Å². The van der Waals surface area contributed by atoms with Crippen molar-refractivity contribution in [2.45, 2.75) is 19.3 Å². The highest BCUT2D eigenvalue weighted by Gasteiger charge is 2.25. The van der Waals surface area contributed by atoms with E-state index < -0.39 is 5.97 Å². The second-order valence-corrected chi connectivity index (χ2v) is 6.15. The lowest BCUT2D eigenvalue weighted by molar-refractivity contribution is -0.147. The van der Waals surface area contributed by atoms with E-state index in [9.17, 15) is 9.59 Å². The molecule has 0 bridgehead atoms. The van der Waals surface area contributed by atoms with Crippen LogP contribution in [0, 0.1) is 0 Å². The zero-order valence-corrected chi connectivity index (χ0v) is 10.8. The van der Waals surface area contributed by atoms with Crippen LogP contribution in [0.4, 0.5) is 0 Å². The molecule has 0 spiro atoms. The van der Waals surface area contributed by atoms with Gasteiger partial charge in [-0.2, -0.15) is 0 Å². The predicted molar refractivity (Wildman–Crippen MR) is 67.9 cm³/mol. The second kappa shape index (κ2) is 8.17. The van der Waals surface area contributed by atoms with Crippen LogP contribution in [0.25, 0.3) is 0 Å². The molecular weight excluding hydrogens is 240 g/mol. The van der Waals surface area contributed by atoms with Crippen LogP contribution in [-0.2, 0) is 30.0 Å². The van der Waals surface area contributed by atoms with Crippen molar-refractivity contribution < 1.29 is 19.1 Å². The number of ether oxygens (including phenoxy) is 2. The fraction of sp³-hybridized carbons (Fsp3) is 0.667. The van der Waals surface area contributed by atoms with E-state index in [-0.39, 0.29) is 30.1 Å². The molecule has 1 rings (SSSR count). The van der Waals surface area contributed by atoms with Gasteiger partial charge in [-0.1, -0.05) is 6.58 Å². The maximum atomic E-state index is 11.4. The maximum absolute atomic E-state index is 11.4. The summed E-state index contributed by atoms with van der Waals surface area (Å²) in [6, 6.07) is 0. The summed E-state index contributed by atoms with van der Waals surface area (Å²) in [5, 5.41) is 0. The zero-order chi connectivity index (χ0) is 12.5. The van der Waals surface area contributed by atoms with Gasteiger partial charge in [0.25, 0.3) is 0 Å². The first-order valence-electron chi connectivity index (χ1n) is 5.81. The highest BCUT2D eigenvalue weighted by molar-refractivity contribution is 7.97. The molecule has 5 heteroatoms. The molecular formula is C12H19O4S+. The first-order valence-corrected chi connectivity index (χ1v) is 7.54. The van der Waals surface area contributed by atoms with E-state index in [0.29, 0.717) is 5.75 Å². The summed E-state index contributed by atoms with van der Waals surface area (Å²) >= 11 is 0. The topological polar surface area (TPSA) is 52.6 Å². The van der Waals surface area contributed by atoms with Crippen molar-refractivity contribution in [3.8, 4) is 0 Å². The van der Waals surface area contributed by atoms with E-state index in [1.807, 2.05) is 0 Å². The van der Waals surface area contributed by atoms with Gasteiger partial charge in [0.15, 0.2) is 0 Å². The molecule has 0 N–H and O–H groups in total. The third-order valence-electron chi connectivity index (χ3n) is 2.45. The SMILES string of the molecule is C=CC(=O)OCCOC(=O)C[S+]1CCCCC1. The number of carbonyl (C=O) groups is 2. The Balaban J connectivity index is 2.04. The van der Waals surface area contributed by atoms with Crippen molar-refractivity contribution in [2.24, 2.45) is 0 Å². The molecule has 1 fully saturated rings. The van der Waals surface area contributed by atoms with E-state index in [1.165, 1.54) is 19.3 Å². The minimum atomic E-state index is -0.491. The van der Waals surface area contributed by atoms with Gasteiger partial charge < -0.3 is 9.47 Å². The third kappa shape index (κ3) is 6.36. The Morgan fingerprint density at radius 1 is 1.12 bits per heavy atom. The largest absolute Gasteiger partial charge is 0.459 e. The molecule has 4 nitrogen and oxygen atoms in total. The van der Waals surface area contributed by atoms with Crippen LogP contribution in [0.5, 0.6) is 0 Å². The molecule has 1 saturated heterocycles. The fourth-order valence-corrected chi connectivity index (χ4v) is 3.73. The Labute approximate surface area is 105 Å². The Bertz CT molecular complexity index is 272. The summed E-state index contributed by atoms with van der Waals surface area (Å²) in [4.78, 5) is 22.1. The summed E-state index contributed by atoms with van der Waals surface area (Å²) in [6.45, 7) is 3.51. The highest BCUT2D eigenvalue weighted by atomic mass is 32.2. The van der Waals surface area contributed by atoms with Crippen LogP contribution in [0.2, 0.25) is 0 Å². The number of hydrogen-bond acceptors (Lipinski definition) is 4. The van der Waals surface area contributed by atoms with Crippen LogP contribution in [0.1, 0.15) is 19.3 Å². The quantitative estimate of drug-likeness (QED) is 0.310. The van der Waals surface area contributed by atoms with Crippen LogP contribution in [0.15, 0.2) is 12.7 Å². The van der Waals surface area contributed by atoms with Gasteiger partial charge in [0.1, 0.15) is 24.7 Å². The third-order valence-corrected chi connectivity index (χ3v) is 4.82. The van der Waals surface area contributed by atoms with Gasteiger partial charge in [0, 0.05) is 6.08 Å². The molecule has 0 aromatic carbocycles. The average molecular weight is 259 g/mol. The van der Waals surface area contributed by atoms with E-state index in [4.69, 9.17) is 9.47 Å². The monoisotopic (exact) mass is 259 g/mol. The Morgan fingerprint density at radius 3 is 2.41 bits per heavy atom. The molecule has 1 aliphatic heterocycles. The van der Waals surface area contributed by atoms with Crippen molar-refractivity contribution in [2.75, 3.05) is 30.5 Å². The summed E-state index contributed by atoms with van der Waals surface area (Å²) in [5.74, 6) is 2.16. The van der Waals surface area contributed by atoms with Gasteiger partial charge in [0.05, 0.1) is 0 Å². The van der Waals surface area contributed by atoms with Crippen molar-refractivity contribution in [1.29, 1.82) is 0 Å². The van der Waals surface area contributed by atoms with E-state index in [0.717, 1.165) is 17.6 Å². The van der Waals surface area contributed by atoms with Crippen molar-refractivity contribution in [3.63, 3.8) is 0 Å². The highest BCUT2D eigenvalue weighted by Crippen LogP contribution is 2.13. The van der Waals surface area contributed by atoms with Crippen molar-refractivity contribution in [1.82, 2.24) is 0 Å². The molecule has 0 aromatic heterocycles. The lowest BCUT2D eigenvalue weighted by Crippen LogP contribution is -2.27. The summed E-state index contributed by atoms with van der Waals surface area (Å²) in [6.07, 6.45) is 4.84. The zero-order valence-electron chi connectivity index (χ0n) is 9.98. The standard InChI is InChI=1S/C12H19O4S/c1-2-11(13)15-6-7-16-12(14)10-17-8-4-3-5-9-17/h2H,1,3-10H2/q+1. The smallest absolute Gasteiger partial charge is 0.356 e. The number of esters is 2. The normalized spacial score (nSPS) is 16.2. The molecule has 0 atom stereocenters. The van der Waals surface area contributed by atoms with E-state index in [2.05, 4.69) is 6.58 Å². The van der Waals surface area contributed by atoms with Gasteiger partial charge in [-0.25, -0.2) is 9.59 Å². The molecule has 0 saturated carbocycles. The van der Waals surface area contributed by atoms with E-state index in [1.54, 1.807) is 0 Å². The Hall–Kier alpha value is -0.970. The van der Waals surface area contributed by atoms with E-state index >= 15 is 0 Å². The Morgan fingerprint density at radius 2 is 1.76 bits per heavy atom. The van der Waals surface area contributed by atoms with Crippen LogP contribution in [0.3, 0.4) is 0 Å². The molecule has 1 aliphatic rings. The lowest BCUT2D eigenvalue weighted by Gasteiger charge is -2.12. The van der Waals surface area contributed by atoms with Crippen molar-refractivity contribution in [3.05, 3.63) is 12.7 Å². The predicted octanol–water partition coefficient (Wildman–Crippen LogP) is 1.06. The molecule has 0 aromatic rings. The number of rotatable bonds is 6. The summed E-state index contributed by atoms with van der Waals surface area (Å²) in [5.41, 5.74) is 0. The van der Waals surface area contributed by atoms with Crippen LogP contribution < -0.4 is 0 Å². The molecule has 17 heavy (non-hydrogen) atoms. The average Bonchev–Trinajstić information content (AvgIpc) is 2.35. The van der Waals surface area contributed by atoms with Gasteiger partial charge in [0.2, 0.25) is 5.75 Å². The maximum Gasteiger partial charge on any atom is 0.356 e. The van der Waals surface area contributed by atoms with Gasteiger partial charge in [-0.05, 0) is 30.2 Å². The lowest BCUT2D eigenvalue weighted by atomic mass is 10.3. The summed E-state index contributed by atoms with van der Waals surface area (Å²) < 4.78 is 9.70. The molecule has 0 aliphatic carbocycles. The first kappa shape index (κ1) is 14.1. The molecule has 0 radical (unpaired) electrons.